The van der Waals surface area contributed by atoms with Crippen molar-refractivity contribution in [1.29, 1.82) is 0 Å². The van der Waals surface area contributed by atoms with Crippen molar-refractivity contribution in [1.82, 2.24) is 15.2 Å². The third-order valence-electron chi connectivity index (χ3n) is 3.89. The normalized spacial score (nSPS) is 24.1. The van der Waals surface area contributed by atoms with E-state index >= 15 is 0 Å². The molecular weight excluding hydrogens is 250 g/mol. The molecule has 2 unspecified atom stereocenters. The van der Waals surface area contributed by atoms with Gasteiger partial charge in [0.15, 0.2) is 0 Å². The smallest absolute Gasteiger partial charge is 0.213 e. The third kappa shape index (κ3) is 4.18. The van der Waals surface area contributed by atoms with Gasteiger partial charge in [-0.05, 0) is 25.3 Å². The van der Waals surface area contributed by atoms with Crippen molar-refractivity contribution < 1.29 is 4.74 Å². The Balaban J connectivity index is 1.98. The SMILES string of the molecule is COc1cccc(CN2CC(CC(C)C)NCC2C)n1. The molecule has 0 bridgehead atoms. The number of nitrogens with one attached hydrogen (secondary N) is 1. The summed E-state index contributed by atoms with van der Waals surface area (Å²) in [5, 5.41) is 3.65. The molecule has 4 heteroatoms. The van der Waals surface area contributed by atoms with E-state index in [-0.39, 0.29) is 0 Å². The standard InChI is InChI=1S/C16H27N3O/c1-12(2)8-15-11-19(13(3)9-17-15)10-14-6-5-7-16(18-14)20-4/h5-7,12-13,15,17H,8-11H2,1-4H3. The molecule has 2 heterocycles. The minimum absolute atomic E-state index is 0.548. The number of nitrogens with zero attached hydrogens (tertiary/aromatic N) is 2. The third-order valence-corrected chi connectivity index (χ3v) is 3.89. The Morgan fingerprint density at radius 2 is 2.25 bits per heavy atom. The minimum Gasteiger partial charge on any atom is -0.481 e. The summed E-state index contributed by atoms with van der Waals surface area (Å²) < 4.78 is 5.20. The number of rotatable bonds is 5. The lowest BCUT2D eigenvalue weighted by atomic mass is 10.00. The summed E-state index contributed by atoms with van der Waals surface area (Å²) in [4.78, 5) is 7.04. The fourth-order valence-electron chi connectivity index (χ4n) is 2.81. The molecule has 0 aromatic carbocycles. The van der Waals surface area contributed by atoms with Crippen LogP contribution in [-0.2, 0) is 6.54 Å². The first-order valence-electron chi connectivity index (χ1n) is 7.56. The lowest BCUT2D eigenvalue weighted by Gasteiger charge is -2.39. The molecule has 1 aliphatic heterocycles. The Bertz CT molecular complexity index is 422. The van der Waals surface area contributed by atoms with Crippen LogP contribution >= 0.6 is 0 Å². The summed E-state index contributed by atoms with van der Waals surface area (Å²) in [6.45, 7) is 9.90. The van der Waals surface area contributed by atoms with Gasteiger partial charge in [0.05, 0.1) is 12.8 Å². The van der Waals surface area contributed by atoms with Crippen LogP contribution in [0.2, 0.25) is 0 Å². The average molecular weight is 277 g/mol. The van der Waals surface area contributed by atoms with Gasteiger partial charge >= 0.3 is 0 Å². The van der Waals surface area contributed by atoms with Crippen molar-refractivity contribution in [3.05, 3.63) is 23.9 Å². The first kappa shape index (κ1) is 15.3. The Morgan fingerprint density at radius 1 is 1.45 bits per heavy atom. The highest BCUT2D eigenvalue weighted by atomic mass is 16.5. The zero-order valence-corrected chi connectivity index (χ0v) is 13.1. The van der Waals surface area contributed by atoms with Crippen LogP contribution in [0.4, 0.5) is 0 Å². The van der Waals surface area contributed by atoms with Crippen LogP contribution in [0.3, 0.4) is 0 Å². The van der Waals surface area contributed by atoms with Crippen LogP contribution in [0, 0.1) is 5.92 Å². The van der Waals surface area contributed by atoms with Gasteiger partial charge in [0, 0.05) is 37.8 Å². The number of methoxy groups -OCH3 is 1. The van der Waals surface area contributed by atoms with Crippen molar-refractivity contribution in [2.75, 3.05) is 20.2 Å². The van der Waals surface area contributed by atoms with Crippen LogP contribution in [0.1, 0.15) is 32.9 Å². The van der Waals surface area contributed by atoms with Crippen molar-refractivity contribution in [3.8, 4) is 5.88 Å². The van der Waals surface area contributed by atoms with Crippen LogP contribution in [0.25, 0.3) is 0 Å². The maximum atomic E-state index is 5.20. The number of ether oxygens (including phenoxy) is 1. The Hall–Kier alpha value is -1.13. The van der Waals surface area contributed by atoms with Crippen LogP contribution in [0.5, 0.6) is 5.88 Å². The number of hydrogen-bond acceptors (Lipinski definition) is 4. The summed E-state index contributed by atoms with van der Waals surface area (Å²) >= 11 is 0. The molecule has 2 atom stereocenters. The van der Waals surface area contributed by atoms with Gasteiger partial charge in [-0.3, -0.25) is 4.90 Å². The molecule has 1 saturated heterocycles. The van der Waals surface area contributed by atoms with Gasteiger partial charge < -0.3 is 10.1 Å². The van der Waals surface area contributed by atoms with E-state index in [0.29, 0.717) is 18.0 Å². The summed E-state index contributed by atoms with van der Waals surface area (Å²) in [6, 6.07) is 7.13. The van der Waals surface area contributed by atoms with Gasteiger partial charge in [-0.15, -0.1) is 0 Å². The first-order chi connectivity index (χ1) is 9.58. The second-order valence-corrected chi connectivity index (χ2v) is 6.18. The monoisotopic (exact) mass is 277 g/mol. The number of piperazine rings is 1. The molecule has 1 fully saturated rings. The number of hydrogen-bond donors (Lipinski definition) is 1. The van der Waals surface area contributed by atoms with E-state index < -0.39 is 0 Å². The number of pyridine rings is 1. The van der Waals surface area contributed by atoms with E-state index in [9.17, 15) is 0 Å². The molecule has 1 aromatic rings. The van der Waals surface area contributed by atoms with Crippen LogP contribution in [-0.4, -0.2) is 42.2 Å². The predicted molar refractivity (Wildman–Crippen MR) is 81.9 cm³/mol. The fourth-order valence-corrected chi connectivity index (χ4v) is 2.81. The van der Waals surface area contributed by atoms with E-state index in [0.717, 1.165) is 31.2 Å². The van der Waals surface area contributed by atoms with E-state index in [2.05, 4.69) is 42.0 Å². The van der Waals surface area contributed by atoms with Gasteiger partial charge in [-0.1, -0.05) is 19.9 Å². The second kappa shape index (κ2) is 7.04. The van der Waals surface area contributed by atoms with E-state index in [1.807, 2.05) is 12.1 Å². The second-order valence-electron chi connectivity index (χ2n) is 6.18. The van der Waals surface area contributed by atoms with E-state index in [1.54, 1.807) is 7.11 Å². The summed E-state index contributed by atoms with van der Waals surface area (Å²) in [6.07, 6.45) is 1.23. The van der Waals surface area contributed by atoms with Gasteiger partial charge in [0.1, 0.15) is 0 Å². The van der Waals surface area contributed by atoms with Crippen molar-refractivity contribution in [2.45, 2.75) is 45.8 Å². The molecule has 0 radical (unpaired) electrons. The van der Waals surface area contributed by atoms with Gasteiger partial charge in [0.25, 0.3) is 0 Å². The van der Waals surface area contributed by atoms with E-state index in [4.69, 9.17) is 4.74 Å². The topological polar surface area (TPSA) is 37.4 Å². The molecule has 0 amide bonds. The molecule has 1 N–H and O–H groups in total. The molecular formula is C16H27N3O. The number of aromatic nitrogens is 1. The van der Waals surface area contributed by atoms with Crippen LogP contribution < -0.4 is 10.1 Å². The molecule has 0 aliphatic carbocycles. The quantitative estimate of drug-likeness (QED) is 0.896. The maximum Gasteiger partial charge on any atom is 0.213 e. The molecule has 112 valence electrons. The highest BCUT2D eigenvalue weighted by molar-refractivity contribution is 5.15. The zero-order valence-electron chi connectivity index (χ0n) is 13.1. The van der Waals surface area contributed by atoms with Gasteiger partial charge in [0.2, 0.25) is 5.88 Å². The minimum atomic E-state index is 0.548. The Morgan fingerprint density at radius 3 is 2.95 bits per heavy atom. The van der Waals surface area contributed by atoms with Crippen LogP contribution in [0.15, 0.2) is 18.2 Å². The predicted octanol–water partition coefficient (Wildman–Crippen LogP) is 2.30. The highest BCUT2D eigenvalue weighted by Crippen LogP contribution is 2.16. The molecule has 1 aromatic heterocycles. The molecule has 0 saturated carbocycles. The molecule has 20 heavy (non-hydrogen) atoms. The van der Waals surface area contributed by atoms with Crippen molar-refractivity contribution >= 4 is 0 Å². The molecule has 1 aliphatic rings. The zero-order chi connectivity index (χ0) is 14.5. The Labute approximate surface area is 122 Å². The fraction of sp³-hybridized carbons (Fsp3) is 0.688. The summed E-state index contributed by atoms with van der Waals surface area (Å²) in [7, 11) is 1.66. The molecule has 0 spiro atoms. The highest BCUT2D eigenvalue weighted by Gasteiger charge is 2.25. The van der Waals surface area contributed by atoms with Gasteiger partial charge in [-0.25, -0.2) is 4.98 Å². The van der Waals surface area contributed by atoms with E-state index in [1.165, 1.54) is 6.42 Å². The summed E-state index contributed by atoms with van der Waals surface area (Å²) in [5.74, 6) is 1.43. The average Bonchev–Trinajstić information content (AvgIpc) is 2.42. The van der Waals surface area contributed by atoms with Crippen molar-refractivity contribution in [3.63, 3.8) is 0 Å². The summed E-state index contributed by atoms with van der Waals surface area (Å²) in [5.41, 5.74) is 1.08. The Kier molecular flexibility index (Phi) is 5.38. The first-order valence-corrected chi connectivity index (χ1v) is 7.56. The lowest BCUT2D eigenvalue weighted by molar-refractivity contribution is 0.123. The molecule has 4 nitrogen and oxygen atoms in total. The lowest BCUT2D eigenvalue weighted by Crippen LogP contribution is -2.55. The van der Waals surface area contributed by atoms with Crippen molar-refractivity contribution in [2.24, 2.45) is 5.92 Å². The maximum absolute atomic E-state index is 5.20. The van der Waals surface area contributed by atoms with Gasteiger partial charge in [-0.2, -0.15) is 0 Å². The largest absolute Gasteiger partial charge is 0.481 e. The molecule has 2 rings (SSSR count).